The molecule has 0 saturated carbocycles. The van der Waals surface area contributed by atoms with Crippen LogP contribution in [0.3, 0.4) is 0 Å². The van der Waals surface area contributed by atoms with Gasteiger partial charge in [-0.05, 0) is 24.3 Å². The zero-order chi connectivity index (χ0) is 17.2. The molecule has 128 valence electrons. The fourth-order valence-corrected chi connectivity index (χ4v) is 3.57. The maximum atomic E-state index is 12.2. The first-order valence-corrected chi connectivity index (χ1v) is 8.82. The third kappa shape index (κ3) is 3.41. The summed E-state index contributed by atoms with van der Waals surface area (Å²) in [6.07, 6.45) is 0. The number of piperazine rings is 1. The van der Waals surface area contributed by atoms with E-state index in [1.54, 1.807) is 0 Å². The van der Waals surface area contributed by atoms with Crippen LogP contribution >= 0.6 is 11.6 Å². The minimum atomic E-state index is -0.243. The topological polar surface area (TPSA) is 36.7 Å². The van der Waals surface area contributed by atoms with Crippen molar-refractivity contribution in [2.45, 2.75) is 6.54 Å². The summed E-state index contributed by atoms with van der Waals surface area (Å²) in [4.78, 5) is 16.8. The molecule has 2 heterocycles. The quantitative estimate of drug-likeness (QED) is 0.671. The van der Waals surface area contributed by atoms with Crippen molar-refractivity contribution in [2.75, 3.05) is 31.1 Å². The molecule has 4 nitrogen and oxygen atoms in total. The maximum absolute atomic E-state index is 12.2. The summed E-state index contributed by atoms with van der Waals surface area (Å²) >= 11 is 6.29. The van der Waals surface area contributed by atoms with Crippen molar-refractivity contribution in [1.29, 1.82) is 0 Å². The normalized spacial score (nSPS) is 15.6. The number of hydrogen-bond donors (Lipinski definition) is 0. The first-order valence-electron chi connectivity index (χ1n) is 8.44. The zero-order valence-electron chi connectivity index (χ0n) is 13.8. The van der Waals surface area contributed by atoms with Gasteiger partial charge in [0.25, 0.3) is 0 Å². The Kier molecular flexibility index (Phi) is 4.47. The summed E-state index contributed by atoms with van der Waals surface area (Å²) in [5, 5.41) is 1.75. The lowest BCUT2D eigenvalue weighted by Crippen LogP contribution is -2.46. The Morgan fingerprint density at radius 2 is 1.68 bits per heavy atom. The summed E-state index contributed by atoms with van der Waals surface area (Å²) in [6, 6.07) is 17.5. The van der Waals surface area contributed by atoms with Crippen molar-refractivity contribution in [3.05, 3.63) is 75.6 Å². The van der Waals surface area contributed by atoms with Crippen LogP contribution in [0.5, 0.6) is 0 Å². The lowest BCUT2D eigenvalue weighted by atomic mass is 10.1. The number of anilines is 1. The van der Waals surface area contributed by atoms with Crippen LogP contribution in [-0.2, 0) is 6.54 Å². The summed E-state index contributed by atoms with van der Waals surface area (Å²) in [6.45, 7) is 4.17. The van der Waals surface area contributed by atoms with E-state index in [9.17, 15) is 4.79 Å². The van der Waals surface area contributed by atoms with Gasteiger partial charge in [-0.1, -0.05) is 41.9 Å². The van der Waals surface area contributed by atoms with Gasteiger partial charge in [0.05, 0.1) is 16.3 Å². The van der Waals surface area contributed by atoms with Gasteiger partial charge in [0.2, 0.25) is 0 Å². The fourth-order valence-electron chi connectivity index (χ4n) is 3.31. The lowest BCUT2D eigenvalue weighted by molar-refractivity contribution is 0.247. The van der Waals surface area contributed by atoms with E-state index in [4.69, 9.17) is 16.0 Å². The second kappa shape index (κ2) is 6.90. The van der Waals surface area contributed by atoms with Gasteiger partial charge >= 0.3 is 5.63 Å². The van der Waals surface area contributed by atoms with Gasteiger partial charge < -0.3 is 9.32 Å². The van der Waals surface area contributed by atoms with Crippen molar-refractivity contribution >= 4 is 28.3 Å². The number of hydrogen-bond acceptors (Lipinski definition) is 4. The second-order valence-corrected chi connectivity index (χ2v) is 6.72. The Morgan fingerprint density at radius 3 is 2.48 bits per heavy atom. The molecule has 0 N–H and O–H groups in total. The minimum absolute atomic E-state index is 0.243. The molecule has 0 radical (unpaired) electrons. The highest BCUT2D eigenvalue weighted by Crippen LogP contribution is 2.26. The van der Waals surface area contributed by atoms with Crippen LogP contribution in [0.25, 0.3) is 11.0 Å². The van der Waals surface area contributed by atoms with Crippen molar-refractivity contribution in [1.82, 2.24) is 4.90 Å². The standard InChI is InChI=1S/C20H19ClN2O2/c21-17-6-2-3-7-18(17)23-11-9-22(10-12-23)14-16-13-15-5-1-4-8-19(15)25-20(16)24/h1-8,13H,9-12,14H2. The number of para-hydroxylation sites is 2. The lowest BCUT2D eigenvalue weighted by Gasteiger charge is -2.36. The Balaban J connectivity index is 1.46. The smallest absolute Gasteiger partial charge is 0.340 e. The molecule has 0 amide bonds. The van der Waals surface area contributed by atoms with E-state index in [0.29, 0.717) is 17.7 Å². The molecule has 4 rings (SSSR count). The summed E-state index contributed by atoms with van der Waals surface area (Å²) < 4.78 is 5.43. The zero-order valence-corrected chi connectivity index (χ0v) is 14.6. The van der Waals surface area contributed by atoms with Crippen LogP contribution in [0.2, 0.25) is 5.02 Å². The minimum Gasteiger partial charge on any atom is -0.422 e. The van der Waals surface area contributed by atoms with E-state index in [2.05, 4.69) is 15.9 Å². The Hall–Kier alpha value is -2.30. The van der Waals surface area contributed by atoms with Gasteiger partial charge in [0.1, 0.15) is 5.58 Å². The van der Waals surface area contributed by atoms with Gasteiger partial charge in [-0.15, -0.1) is 0 Å². The molecule has 5 heteroatoms. The predicted octanol–water partition coefficient (Wildman–Crippen LogP) is 3.77. The van der Waals surface area contributed by atoms with Crippen LogP contribution in [0, 0.1) is 0 Å². The molecule has 2 aromatic carbocycles. The van der Waals surface area contributed by atoms with E-state index >= 15 is 0 Å². The number of nitrogens with zero attached hydrogens (tertiary/aromatic N) is 2. The molecule has 3 aromatic rings. The van der Waals surface area contributed by atoms with Gasteiger partial charge in [-0.25, -0.2) is 4.79 Å². The molecule has 0 spiro atoms. The van der Waals surface area contributed by atoms with E-state index in [0.717, 1.165) is 42.3 Å². The number of benzene rings is 2. The number of rotatable bonds is 3. The highest BCUT2D eigenvalue weighted by atomic mass is 35.5. The van der Waals surface area contributed by atoms with E-state index in [1.165, 1.54) is 0 Å². The van der Waals surface area contributed by atoms with Crippen molar-refractivity contribution < 1.29 is 4.42 Å². The third-order valence-corrected chi connectivity index (χ3v) is 4.99. The maximum Gasteiger partial charge on any atom is 0.340 e. The molecule has 25 heavy (non-hydrogen) atoms. The highest BCUT2D eigenvalue weighted by Gasteiger charge is 2.20. The fraction of sp³-hybridized carbons (Fsp3) is 0.250. The van der Waals surface area contributed by atoms with Crippen molar-refractivity contribution in [3.63, 3.8) is 0 Å². The molecule has 0 atom stereocenters. The van der Waals surface area contributed by atoms with Gasteiger partial charge in [-0.2, -0.15) is 0 Å². The van der Waals surface area contributed by atoms with Gasteiger partial charge in [-0.3, -0.25) is 4.90 Å². The Morgan fingerprint density at radius 1 is 0.960 bits per heavy atom. The third-order valence-electron chi connectivity index (χ3n) is 4.67. The Labute approximate surface area is 151 Å². The molecule has 1 aromatic heterocycles. The molecule has 1 saturated heterocycles. The van der Waals surface area contributed by atoms with E-state index in [-0.39, 0.29) is 5.63 Å². The first kappa shape index (κ1) is 16.2. The molecular weight excluding hydrogens is 336 g/mol. The van der Waals surface area contributed by atoms with Crippen LogP contribution in [-0.4, -0.2) is 31.1 Å². The van der Waals surface area contributed by atoms with E-state index in [1.807, 2.05) is 48.5 Å². The molecule has 1 aliphatic heterocycles. The summed E-state index contributed by atoms with van der Waals surface area (Å²) in [5.74, 6) is 0. The number of halogens is 1. The monoisotopic (exact) mass is 354 g/mol. The molecule has 0 aliphatic carbocycles. The average molecular weight is 355 g/mol. The molecule has 1 aliphatic rings. The Bertz CT molecular complexity index is 946. The van der Waals surface area contributed by atoms with Crippen LogP contribution < -0.4 is 10.5 Å². The average Bonchev–Trinajstić information content (AvgIpc) is 2.63. The SMILES string of the molecule is O=c1oc2ccccc2cc1CN1CCN(c2ccccc2Cl)CC1. The summed E-state index contributed by atoms with van der Waals surface area (Å²) in [5.41, 5.74) is 2.19. The van der Waals surface area contributed by atoms with Gasteiger partial charge in [0.15, 0.2) is 0 Å². The van der Waals surface area contributed by atoms with Crippen molar-refractivity contribution in [3.8, 4) is 0 Å². The van der Waals surface area contributed by atoms with Crippen LogP contribution in [0.4, 0.5) is 5.69 Å². The van der Waals surface area contributed by atoms with Crippen LogP contribution in [0.15, 0.2) is 63.8 Å². The first-order chi connectivity index (χ1) is 12.2. The predicted molar refractivity (Wildman–Crippen MR) is 101 cm³/mol. The second-order valence-electron chi connectivity index (χ2n) is 6.31. The highest BCUT2D eigenvalue weighted by molar-refractivity contribution is 6.33. The molecule has 1 fully saturated rings. The van der Waals surface area contributed by atoms with Crippen LogP contribution in [0.1, 0.15) is 5.56 Å². The van der Waals surface area contributed by atoms with Crippen molar-refractivity contribution in [2.24, 2.45) is 0 Å². The molecule has 0 unspecified atom stereocenters. The van der Waals surface area contributed by atoms with E-state index < -0.39 is 0 Å². The molecule has 0 bridgehead atoms. The van der Waals surface area contributed by atoms with Gasteiger partial charge in [0, 0.05) is 38.1 Å². The largest absolute Gasteiger partial charge is 0.422 e. The summed E-state index contributed by atoms with van der Waals surface area (Å²) in [7, 11) is 0. The number of fused-ring (bicyclic) bond motifs is 1. The molecular formula is C20H19ClN2O2.